The van der Waals surface area contributed by atoms with Gasteiger partial charge in [-0.05, 0) is 49.9 Å². The number of halogens is 1. The van der Waals surface area contributed by atoms with Crippen LogP contribution in [0.4, 0.5) is 20.6 Å². The maximum Gasteiger partial charge on any atom is 0.324 e. The summed E-state index contributed by atoms with van der Waals surface area (Å²) in [5.74, 6) is -0.220. The molecule has 1 saturated heterocycles. The molecule has 3 amide bonds. The normalized spacial score (nSPS) is 17.5. The monoisotopic (exact) mass is 409 g/mol. The van der Waals surface area contributed by atoms with Gasteiger partial charge in [0.05, 0.1) is 17.9 Å². The summed E-state index contributed by atoms with van der Waals surface area (Å²) in [7, 11) is 0. The summed E-state index contributed by atoms with van der Waals surface area (Å²) in [4.78, 5) is 29.3. The third-order valence-corrected chi connectivity index (χ3v) is 6.06. The average Bonchev–Trinajstić information content (AvgIpc) is 3.27. The second kappa shape index (κ2) is 8.86. The van der Waals surface area contributed by atoms with Gasteiger partial charge in [0.1, 0.15) is 5.82 Å². The molecule has 1 aliphatic heterocycles. The van der Waals surface area contributed by atoms with E-state index in [0.29, 0.717) is 30.0 Å². The minimum Gasteiger partial charge on any atom is -0.324 e. The third-order valence-electron chi connectivity index (χ3n) is 6.06. The highest BCUT2D eigenvalue weighted by Crippen LogP contribution is 2.32. The molecule has 0 unspecified atom stereocenters. The quantitative estimate of drug-likeness (QED) is 0.747. The zero-order valence-corrected chi connectivity index (χ0v) is 17.4. The number of hydrogen-bond acceptors (Lipinski definition) is 2. The van der Waals surface area contributed by atoms with Crippen molar-refractivity contribution in [1.29, 1.82) is 0 Å². The molecule has 4 rings (SSSR count). The van der Waals surface area contributed by atoms with Gasteiger partial charge in [0.15, 0.2) is 0 Å². The molecule has 1 saturated carbocycles. The van der Waals surface area contributed by atoms with Crippen LogP contribution in [0.1, 0.15) is 43.2 Å². The zero-order chi connectivity index (χ0) is 21.1. The Morgan fingerprint density at radius 1 is 1.10 bits per heavy atom. The number of hydrogen-bond donors (Lipinski definition) is 1. The molecule has 0 radical (unpaired) electrons. The molecule has 5 nitrogen and oxygen atoms in total. The average molecular weight is 410 g/mol. The molecule has 1 N–H and O–H groups in total. The van der Waals surface area contributed by atoms with Crippen molar-refractivity contribution in [3.8, 4) is 0 Å². The van der Waals surface area contributed by atoms with Gasteiger partial charge in [0.2, 0.25) is 5.91 Å². The summed E-state index contributed by atoms with van der Waals surface area (Å²) < 4.78 is 14.1. The van der Waals surface area contributed by atoms with Crippen LogP contribution in [0.3, 0.4) is 0 Å². The van der Waals surface area contributed by atoms with Crippen LogP contribution in [0, 0.1) is 18.7 Å². The zero-order valence-electron chi connectivity index (χ0n) is 17.4. The first kappa shape index (κ1) is 20.4. The first-order valence-electron chi connectivity index (χ1n) is 10.7. The van der Waals surface area contributed by atoms with Crippen molar-refractivity contribution >= 4 is 23.3 Å². The Labute approximate surface area is 176 Å². The number of anilines is 2. The van der Waals surface area contributed by atoms with Crippen molar-refractivity contribution in [2.24, 2.45) is 5.92 Å². The summed E-state index contributed by atoms with van der Waals surface area (Å²) in [6.45, 7) is 3.36. The minimum absolute atomic E-state index is 0.0343. The molecule has 2 aromatic rings. The molecule has 1 aliphatic carbocycles. The van der Waals surface area contributed by atoms with Crippen LogP contribution < -0.4 is 10.2 Å². The van der Waals surface area contributed by atoms with Crippen molar-refractivity contribution in [3.05, 3.63) is 59.4 Å². The smallest absolute Gasteiger partial charge is 0.324 e. The summed E-state index contributed by atoms with van der Waals surface area (Å²) in [5.41, 5.74) is 2.91. The fourth-order valence-corrected chi connectivity index (χ4v) is 4.39. The van der Waals surface area contributed by atoms with E-state index < -0.39 is 0 Å². The molecule has 0 atom stereocenters. The lowest BCUT2D eigenvalue weighted by atomic mass is 10.1. The minimum atomic E-state index is -0.303. The topological polar surface area (TPSA) is 52.6 Å². The van der Waals surface area contributed by atoms with E-state index >= 15 is 0 Å². The lowest BCUT2D eigenvalue weighted by Gasteiger charge is -2.36. The first-order chi connectivity index (χ1) is 14.5. The lowest BCUT2D eigenvalue weighted by Crippen LogP contribution is -2.49. The fourth-order valence-electron chi connectivity index (χ4n) is 4.39. The largest absolute Gasteiger partial charge is 0.324 e. The molecule has 2 aliphatic rings. The Bertz CT molecular complexity index is 940. The van der Waals surface area contributed by atoms with E-state index in [0.717, 1.165) is 37.7 Å². The maximum atomic E-state index is 14.1. The van der Waals surface area contributed by atoms with E-state index in [1.165, 1.54) is 6.07 Å². The van der Waals surface area contributed by atoms with Gasteiger partial charge in [0, 0.05) is 24.6 Å². The van der Waals surface area contributed by atoms with Gasteiger partial charge in [-0.25, -0.2) is 9.18 Å². The van der Waals surface area contributed by atoms with E-state index in [1.807, 2.05) is 25.1 Å². The number of nitrogens with one attached hydrogen (secondary N) is 1. The van der Waals surface area contributed by atoms with E-state index in [2.05, 4.69) is 5.32 Å². The van der Waals surface area contributed by atoms with Crippen LogP contribution in [0.5, 0.6) is 0 Å². The molecule has 1 heterocycles. The third kappa shape index (κ3) is 4.32. The second-order valence-corrected chi connectivity index (χ2v) is 8.29. The Hall–Kier alpha value is -2.89. The molecule has 0 bridgehead atoms. The van der Waals surface area contributed by atoms with Gasteiger partial charge >= 0.3 is 6.03 Å². The number of amides is 3. The van der Waals surface area contributed by atoms with Crippen LogP contribution in [-0.2, 0) is 11.3 Å². The molecule has 2 fully saturated rings. The van der Waals surface area contributed by atoms with Gasteiger partial charge < -0.3 is 10.2 Å². The summed E-state index contributed by atoms with van der Waals surface area (Å²) >= 11 is 0. The Balaban J connectivity index is 1.55. The fraction of sp³-hybridized carbons (Fsp3) is 0.417. The van der Waals surface area contributed by atoms with Crippen molar-refractivity contribution in [3.63, 3.8) is 0 Å². The van der Waals surface area contributed by atoms with E-state index in [-0.39, 0.29) is 30.2 Å². The van der Waals surface area contributed by atoms with E-state index in [4.69, 9.17) is 0 Å². The molecule has 2 aromatic carbocycles. The van der Waals surface area contributed by atoms with Gasteiger partial charge in [-0.2, -0.15) is 0 Å². The SMILES string of the molecule is Cc1ccc(N2CCCN(Cc3ccccc3F)C2=O)c(NC(=O)C2CCCC2)c1. The highest BCUT2D eigenvalue weighted by molar-refractivity contribution is 6.01. The second-order valence-electron chi connectivity index (χ2n) is 8.29. The number of carbonyl (C=O) groups is 2. The molecule has 6 heteroatoms. The van der Waals surface area contributed by atoms with Crippen molar-refractivity contribution in [1.82, 2.24) is 4.90 Å². The number of rotatable bonds is 5. The van der Waals surface area contributed by atoms with Crippen molar-refractivity contribution < 1.29 is 14.0 Å². The van der Waals surface area contributed by atoms with Crippen molar-refractivity contribution in [2.45, 2.75) is 45.6 Å². The predicted octanol–water partition coefficient (Wildman–Crippen LogP) is 5.10. The number of benzene rings is 2. The predicted molar refractivity (Wildman–Crippen MR) is 116 cm³/mol. The molecule has 30 heavy (non-hydrogen) atoms. The molecular weight excluding hydrogens is 381 g/mol. The van der Waals surface area contributed by atoms with Crippen LogP contribution in [0.2, 0.25) is 0 Å². The van der Waals surface area contributed by atoms with Crippen LogP contribution in [0.15, 0.2) is 42.5 Å². The number of carbonyl (C=O) groups excluding carboxylic acids is 2. The van der Waals surface area contributed by atoms with E-state index in [9.17, 15) is 14.0 Å². The number of nitrogens with zero attached hydrogens (tertiary/aromatic N) is 2. The molecule has 158 valence electrons. The molecule has 0 aromatic heterocycles. The number of aryl methyl sites for hydroxylation is 1. The lowest BCUT2D eigenvalue weighted by molar-refractivity contribution is -0.119. The van der Waals surface area contributed by atoms with Crippen LogP contribution >= 0.6 is 0 Å². The summed E-state index contributed by atoms with van der Waals surface area (Å²) in [5, 5.41) is 3.07. The highest BCUT2D eigenvalue weighted by Gasteiger charge is 2.30. The van der Waals surface area contributed by atoms with Gasteiger partial charge in [-0.15, -0.1) is 0 Å². The number of urea groups is 1. The van der Waals surface area contributed by atoms with Crippen molar-refractivity contribution in [2.75, 3.05) is 23.3 Å². The Morgan fingerprint density at radius 3 is 2.63 bits per heavy atom. The van der Waals surface area contributed by atoms with Gasteiger partial charge in [0.25, 0.3) is 0 Å². The highest BCUT2D eigenvalue weighted by atomic mass is 19.1. The van der Waals surface area contributed by atoms with Crippen LogP contribution in [0.25, 0.3) is 0 Å². The van der Waals surface area contributed by atoms with Crippen LogP contribution in [-0.4, -0.2) is 29.9 Å². The standard InChI is InChI=1S/C24H28FN3O2/c1-17-11-12-22(21(15-17)26-23(29)18-7-2-3-8-18)28-14-6-13-27(24(28)30)16-19-9-4-5-10-20(19)25/h4-5,9-12,15,18H,2-3,6-8,13-14,16H2,1H3,(H,26,29). The first-order valence-corrected chi connectivity index (χ1v) is 10.7. The summed E-state index contributed by atoms with van der Waals surface area (Å²) in [6.07, 6.45) is 4.81. The Kier molecular flexibility index (Phi) is 6.02. The van der Waals surface area contributed by atoms with Gasteiger partial charge in [-0.1, -0.05) is 37.1 Å². The molecule has 0 spiro atoms. The summed E-state index contributed by atoms with van der Waals surface area (Å²) in [6, 6.07) is 12.2. The Morgan fingerprint density at radius 2 is 1.87 bits per heavy atom. The van der Waals surface area contributed by atoms with Gasteiger partial charge in [-0.3, -0.25) is 9.69 Å². The maximum absolute atomic E-state index is 14.1. The van der Waals surface area contributed by atoms with E-state index in [1.54, 1.807) is 28.0 Å². The molecular formula is C24H28FN3O2.